The van der Waals surface area contributed by atoms with Crippen molar-refractivity contribution in [1.82, 2.24) is 15.0 Å². The predicted molar refractivity (Wildman–Crippen MR) is 100.0 cm³/mol. The highest BCUT2D eigenvalue weighted by Crippen LogP contribution is 2.27. The molecule has 1 aliphatic rings. The lowest BCUT2D eigenvalue weighted by Gasteiger charge is -2.37. The van der Waals surface area contributed by atoms with Crippen molar-refractivity contribution < 1.29 is 13.7 Å². The number of nitrogens with zero attached hydrogens (tertiary/aromatic N) is 3. The number of aromatic nitrogens is 2. The number of carbonyl (C=O) groups is 1. The van der Waals surface area contributed by atoms with Crippen LogP contribution in [0.15, 0.2) is 64.0 Å². The molecular formula is C20H18FN3O2S. The topological polar surface area (TPSA) is 59.2 Å². The fraction of sp³-hybridized carbons (Fsp3) is 0.250. The second-order valence-electron chi connectivity index (χ2n) is 6.45. The number of thioether (sulfide) groups is 1. The van der Waals surface area contributed by atoms with Gasteiger partial charge >= 0.3 is 0 Å². The Morgan fingerprint density at radius 1 is 1.15 bits per heavy atom. The molecule has 0 atom stereocenters. The van der Waals surface area contributed by atoms with Crippen LogP contribution in [0.4, 0.5) is 4.39 Å². The molecule has 4 rings (SSSR count). The lowest BCUT2D eigenvalue weighted by Crippen LogP contribution is -2.49. The van der Waals surface area contributed by atoms with E-state index >= 15 is 0 Å². The lowest BCUT2D eigenvalue weighted by molar-refractivity contribution is -0.133. The highest BCUT2D eigenvalue weighted by atomic mass is 32.2. The third-order valence-corrected chi connectivity index (χ3v) is 5.45. The highest BCUT2D eigenvalue weighted by molar-refractivity contribution is 8.00. The Bertz CT molecular complexity index is 908. The number of hydrogen-bond acceptors (Lipinski definition) is 5. The van der Waals surface area contributed by atoms with Crippen LogP contribution in [0.2, 0.25) is 0 Å². The molecule has 1 amide bonds. The van der Waals surface area contributed by atoms with Crippen LogP contribution in [-0.2, 0) is 11.2 Å². The van der Waals surface area contributed by atoms with Crippen LogP contribution < -0.4 is 0 Å². The SMILES string of the molecule is O=C(CSc1ccc(F)cc1)N1CC(c2nc(Cc3ccccc3)no2)C1. The average Bonchev–Trinajstić information content (AvgIpc) is 3.09. The maximum absolute atomic E-state index is 12.9. The van der Waals surface area contributed by atoms with E-state index < -0.39 is 0 Å². The Kier molecular flexibility index (Phi) is 5.20. The molecule has 0 radical (unpaired) electrons. The molecule has 0 bridgehead atoms. The van der Waals surface area contributed by atoms with Gasteiger partial charge in [-0.25, -0.2) is 4.39 Å². The number of halogens is 1. The normalized spacial score (nSPS) is 14.2. The number of benzene rings is 2. The van der Waals surface area contributed by atoms with Crippen molar-refractivity contribution in [1.29, 1.82) is 0 Å². The van der Waals surface area contributed by atoms with Gasteiger partial charge in [-0.3, -0.25) is 4.79 Å². The number of hydrogen-bond donors (Lipinski definition) is 0. The molecule has 1 saturated heterocycles. The summed E-state index contributed by atoms with van der Waals surface area (Å²) in [5.74, 6) is 1.47. The fourth-order valence-electron chi connectivity index (χ4n) is 2.89. The van der Waals surface area contributed by atoms with Crippen LogP contribution in [-0.4, -0.2) is 39.8 Å². The van der Waals surface area contributed by atoms with Gasteiger partial charge in [0, 0.05) is 24.4 Å². The van der Waals surface area contributed by atoms with Gasteiger partial charge in [0.05, 0.1) is 11.7 Å². The zero-order valence-corrected chi connectivity index (χ0v) is 15.4. The standard InChI is InChI=1S/C20H18FN3O2S/c21-16-6-8-17(9-7-16)27-13-19(25)24-11-15(12-24)20-22-18(23-26-20)10-14-4-2-1-3-5-14/h1-9,15H,10-13H2. The van der Waals surface area contributed by atoms with Crippen LogP contribution in [0.1, 0.15) is 23.2 Å². The van der Waals surface area contributed by atoms with Crippen molar-refractivity contribution in [3.63, 3.8) is 0 Å². The first-order chi connectivity index (χ1) is 13.2. The Labute approximate surface area is 160 Å². The molecule has 1 fully saturated rings. The molecule has 3 aromatic rings. The first-order valence-corrected chi connectivity index (χ1v) is 9.68. The van der Waals surface area contributed by atoms with Gasteiger partial charge in [-0.2, -0.15) is 4.98 Å². The van der Waals surface area contributed by atoms with Crippen molar-refractivity contribution in [2.24, 2.45) is 0 Å². The van der Waals surface area contributed by atoms with Crippen molar-refractivity contribution in [3.8, 4) is 0 Å². The van der Waals surface area contributed by atoms with E-state index in [0.717, 1.165) is 10.5 Å². The van der Waals surface area contributed by atoms with Crippen molar-refractivity contribution >= 4 is 17.7 Å². The van der Waals surface area contributed by atoms with E-state index in [1.54, 1.807) is 17.0 Å². The van der Waals surface area contributed by atoms with E-state index in [-0.39, 0.29) is 17.6 Å². The summed E-state index contributed by atoms with van der Waals surface area (Å²) in [7, 11) is 0. The molecule has 2 heterocycles. The van der Waals surface area contributed by atoms with Gasteiger partial charge < -0.3 is 9.42 Å². The molecule has 5 nitrogen and oxygen atoms in total. The molecule has 0 N–H and O–H groups in total. The summed E-state index contributed by atoms with van der Waals surface area (Å²) in [5, 5.41) is 4.04. The number of likely N-dealkylation sites (tertiary alicyclic amines) is 1. The first-order valence-electron chi connectivity index (χ1n) is 8.70. The molecule has 27 heavy (non-hydrogen) atoms. The molecular weight excluding hydrogens is 365 g/mol. The molecule has 138 valence electrons. The second kappa shape index (κ2) is 7.92. The number of carbonyl (C=O) groups excluding carboxylic acids is 1. The van der Waals surface area contributed by atoms with Crippen LogP contribution >= 0.6 is 11.8 Å². The average molecular weight is 383 g/mol. The Balaban J connectivity index is 1.25. The Morgan fingerprint density at radius 3 is 2.63 bits per heavy atom. The van der Waals surface area contributed by atoms with Gasteiger partial charge in [0.25, 0.3) is 0 Å². The summed E-state index contributed by atoms with van der Waals surface area (Å²) in [6, 6.07) is 16.1. The van der Waals surface area contributed by atoms with Crippen LogP contribution in [0, 0.1) is 5.82 Å². The third-order valence-electron chi connectivity index (χ3n) is 4.45. The smallest absolute Gasteiger partial charge is 0.233 e. The van der Waals surface area contributed by atoms with E-state index in [2.05, 4.69) is 10.1 Å². The van der Waals surface area contributed by atoms with Crippen LogP contribution in [0.3, 0.4) is 0 Å². The third kappa shape index (κ3) is 4.36. The first kappa shape index (κ1) is 17.7. The Morgan fingerprint density at radius 2 is 1.89 bits per heavy atom. The largest absolute Gasteiger partial charge is 0.340 e. The van der Waals surface area contributed by atoms with Crippen molar-refractivity contribution in [2.45, 2.75) is 17.2 Å². The quantitative estimate of drug-likeness (QED) is 0.610. The number of amides is 1. The van der Waals surface area contributed by atoms with Gasteiger partial charge in [-0.1, -0.05) is 35.5 Å². The minimum atomic E-state index is -0.276. The molecule has 0 spiro atoms. The minimum Gasteiger partial charge on any atom is -0.340 e. The van der Waals surface area contributed by atoms with E-state index in [1.807, 2.05) is 30.3 Å². The second-order valence-corrected chi connectivity index (χ2v) is 7.50. The van der Waals surface area contributed by atoms with Gasteiger partial charge in [0.15, 0.2) is 5.82 Å². The summed E-state index contributed by atoms with van der Waals surface area (Å²) in [6.45, 7) is 1.19. The molecule has 2 aromatic carbocycles. The van der Waals surface area contributed by atoms with Gasteiger partial charge in [0.2, 0.25) is 11.8 Å². The van der Waals surface area contributed by atoms with Gasteiger partial charge in [0.1, 0.15) is 5.82 Å². The monoisotopic (exact) mass is 383 g/mol. The molecule has 1 aromatic heterocycles. The van der Waals surface area contributed by atoms with E-state index in [0.29, 0.717) is 37.0 Å². The summed E-state index contributed by atoms with van der Waals surface area (Å²) in [6.07, 6.45) is 0.633. The van der Waals surface area contributed by atoms with Crippen LogP contribution in [0.25, 0.3) is 0 Å². The Hall–Kier alpha value is -2.67. The molecule has 7 heteroatoms. The molecule has 0 saturated carbocycles. The maximum atomic E-state index is 12.9. The summed E-state index contributed by atoms with van der Waals surface area (Å²) in [4.78, 5) is 19.4. The van der Waals surface area contributed by atoms with E-state index in [4.69, 9.17) is 4.52 Å². The van der Waals surface area contributed by atoms with Crippen molar-refractivity contribution in [2.75, 3.05) is 18.8 Å². The molecule has 0 unspecified atom stereocenters. The highest BCUT2D eigenvalue weighted by Gasteiger charge is 2.35. The van der Waals surface area contributed by atoms with Crippen molar-refractivity contribution in [3.05, 3.63) is 77.7 Å². The fourth-order valence-corrected chi connectivity index (χ4v) is 3.69. The van der Waals surface area contributed by atoms with Gasteiger partial charge in [-0.15, -0.1) is 11.8 Å². The zero-order valence-electron chi connectivity index (χ0n) is 14.5. The lowest BCUT2D eigenvalue weighted by atomic mass is 10.0. The van der Waals surface area contributed by atoms with E-state index in [9.17, 15) is 9.18 Å². The summed E-state index contributed by atoms with van der Waals surface area (Å²) >= 11 is 1.41. The minimum absolute atomic E-state index is 0.0598. The van der Waals surface area contributed by atoms with Crippen LogP contribution in [0.5, 0.6) is 0 Å². The summed E-state index contributed by atoms with van der Waals surface area (Å²) in [5.41, 5.74) is 1.13. The molecule has 0 aliphatic carbocycles. The zero-order chi connectivity index (χ0) is 18.6. The number of rotatable bonds is 6. The van der Waals surface area contributed by atoms with Gasteiger partial charge in [-0.05, 0) is 29.8 Å². The maximum Gasteiger partial charge on any atom is 0.233 e. The van der Waals surface area contributed by atoms with E-state index in [1.165, 1.54) is 23.9 Å². The predicted octanol–water partition coefficient (Wildman–Crippen LogP) is 3.52. The molecule has 1 aliphatic heterocycles. The summed E-state index contributed by atoms with van der Waals surface area (Å²) < 4.78 is 18.3.